The molecule has 41 heavy (non-hydrogen) atoms. The monoisotopic (exact) mass is 581 g/mol. The quantitative estimate of drug-likeness (QED) is 0.165. The van der Waals surface area contributed by atoms with Crippen molar-refractivity contribution in [1.82, 2.24) is 0 Å². The van der Waals surface area contributed by atoms with Crippen molar-refractivity contribution in [1.29, 1.82) is 0 Å². The summed E-state index contributed by atoms with van der Waals surface area (Å²) in [6.45, 7) is 10.8. The third kappa shape index (κ3) is 8.20. The number of nitrogens with zero attached hydrogens (tertiary/aromatic N) is 3. The van der Waals surface area contributed by atoms with Gasteiger partial charge in [0.1, 0.15) is 11.2 Å². The zero-order chi connectivity index (χ0) is 30.7. The number of benzene rings is 3. The first kappa shape index (κ1) is 31.4. The molecule has 0 N–H and O–H groups in total. The van der Waals surface area contributed by atoms with Crippen molar-refractivity contribution in [3.63, 3.8) is 0 Å². The molecule has 0 saturated heterocycles. The smallest absolute Gasteiger partial charge is 0.414 e. The lowest BCUT2D eigenvalue weighted by atomic mass is 9.84. The van der Waals surface area contributed by atoms with Crippen molar-refractivity contribution in [2.75, 3.05) is 23.9 Å². The molecule has 0 aromatic heterocycles. The summed E-state index contributed by atoms with van der Waals surface area (Å²) in [6, 6.07) is 18.8. The summed E-state index contributed by atoms with van der Waals surface area (Å²) in [4.78, 5) is 39.1. The van der Waals surface area contributed by atoms with Crippen molar-refractivity contribution >= 4 is 40.8 Å². The van der Waals surface area contributed by atoms with Gasteiger partial charge in [-0.15, -0.1) is 0 Å². The minimum absolute atomic E-state index is 0.0861. The first-order valence-electron chi connectivity index (χ1n) is 13.0. The van der Waals surface area contributed by atoms with E-state index >= 15 is 0 Å². The van der Waals surface area contributed by atoms with Crippen LogP contribution in [-0.4, -0.2) is 42.4 Å². The Morgan fingerprint density at radius 1 is 0.756 bits per heavy atom. The van der Waals surface area contributed by atoms with E-state index < -0.39 is 34.2 Å². The highest BCUT2D eigenvalue weighted by Gasteiger charge is 2.25. The van der Waals surface area contributed by atoms with Crippen molar-refractivity contribution in [2.24, 2.45) is 0 Å². The number of halogens is 1. The molecule has 0 saturated carbocycles. The zero-order valence-electron chi connectivity index (χ0n) is 24.6. The molecule has 3 aromatic carbocycles. The van der Waals surface area contributed by atoms with Gasteiger partial charge in [0.15, 0.2) is 0 Å². The van der Waals surface area contributed by atoms with Gasteiger partial charge in [0.25, 0.3) is 5.69 Å². The lowest BCUT2D eigenvalue weighted by Crippen LogP contribution is -2.34. The molecular weight excluding hydrogens is 546 g/mol. The summed E-state index contributed by atoms with van der Waals surface area (Å²) in [6.07, 6.45) is -0.985. The van der Waals surface area contributed by atoms with E-state index in [0.717, 1.165) is 11.1 Å². The summed E-state index contributed by atoms with van der Waals surface area (Å²) < 4.78 is 10.9. The van der Waals surface area contributed by atoms with Gasteiger partial charge in [-0.05, 0) is 88.6 Å². The minimum atomic E-state index is -0.640. The van der Waals surface area contributed by atoms with E-state index in [0.29, 0.717) is 22.0 Å². The van der Waals surface area contributed by atoms with E-state index in [1.165, 1.54) is 28.0 Å². The lowest BCUT2D eigenvalue weighted by Gasteiger charge is -2.26. The number of hydrogen-bond donors (Lipinski definition) is 0. The van der Waals surface area contributed by atoms with Gasteiger partial charge in [-0.1, -0.05) is 35.9 Å². The van der Waals surface area contributed by atoms with Crippen LogP contribution < -0.4 is 9.80 Å². The van der Waals surface area contributed by atoms with Crippen LogP contribution in [0, 0.1) is 10.1 Å². The number of anilines is 2. The predicted molar refractivity (Wildman–Crippen MR) is 161 cm³/mol. The third-order valence-electron chi connectivity index (χ3n) is 6.06. The molecule has 0 radical (unpaired) electrons. The highest BCUT2D eigenvalue weighted by molar-refractivity contribution is 6.31. The highest BCUT2D eigenvalue weighted by atomic mass is 35.5. The summed E-state index contributed by atoms with van der Waals surface area (Å²) >= 11 is 6.60. The van der Waals surface area contributed by atoms with E-state index in [1.807, 2.05) is 24.3 Å². The van der Waals surface area contributed by atoms with Crippen LogP contribution in [0.15, 0.2) is 66.7 Å². The second kappa shape index (κ2) is 12.2. The van der Waals surface area contributed by atoms with E-state index in [1.54, 1.807) is 79.9 Å². The topological polar surface area (TPSA) is 102 Å². The Morgan fingerprint density at radius 3 is 1.49 bits per heavy atom. The summed E-state index contributed by atoms with van der Waals surface area (Å²) in [5, 5.41) is 12.0. The maximum absolute atomic E-state index is 12.6. The second-order valence-corrected chi connectivity index (χ2v) is 12.1. The van der Waals surface area contributed by atoms with Gasteiger partial charge < -0.3 is 9.47 Å². The molecule has 0 unspecified atom stereocenters. The Morgan fingerprint density at radius 2 is 1.15 bits per heavy atom. The van der Waals surface area contributed by atoms with Crippen molar-refractivity contribution in [2.45, 2.75) is 58.7 Å². The molecule has 0 fully saturated rings. The number of carbonyl (C=O) groups is 2. The predicted octanol–water partition coefficient (Wildman–Crippen LogP) is 8.17. The Balaban J connectivity index is 2.03. The fraction of sp³-hybridized carbons (Fsp3) is 0.355. The molecule has 0 heterocycles. The molecule has 0 bridgehead atoms. The van der Waals surface area contributed by atoms with Gasteiger partial charge in [0, 0.05) is 48.5 Å². The van der Waals surface area contributed by atoms with Crippen LogP contribution >= 0.6 is 11.6 Å². The lowest BCUT2D eigenvalue weighted by molar-refractivity contribution is -0.384. The maximum Gasteiger partial charge on any atom is 0.414 e. The average molecular weight is 582 g/mol. The molecule has 3 rings (SSSR count). The SMILES string of the molecule is CN(C(=O)OC(C)(C)C)c1ccc(C(c2ccc(N(C)C(=O)OC(C)(C)C)cc2)c2cc([N+](=O)[O-])ccc2Cl)cc1. The molecule has 2 amide bonds. The van der Waals surface area contributed by atoms with Crippen molar-refractivity contribution < 1.29 is 24.0 Å². The molecule has 9 nitrogen and oxygen atoms in total. The molecular formula is C31H36ClN3O6. The van der Waals surface area contributed by atoms with E-state index in [-0.39, 0.29) is 5.69 Å². The van der Waals surface area contributed by atoms with Gasteiger partial charge in [-0.25, -0.2) is 9.59 Å². The third-order valence-corrected chi connectivity index (χ3v) is 6.41. The number of nitro benzene ring substituents is 1. The molecule has 218 valence electrons. The fourth-order valence-electron chi connectivity index (χ4n) is 4.07. The first-order chi connectivity index (χ1) is 19.0. The zero-order valence-corrected chi connectivity index (χ0v) is 25.4. The molecule has 0 aliphatic rings. The Labute approximate surface area is 245 Å². The number of carbonyl (C=O) groups excluding carboxylic acids is 2. The average Bonchev–Trinajstić information content (AvgIpc) is 2.87. The summed E-state index contributed by atoms with van der Waals surface area (Å²) in [5.74, 6) is -0.482. The number of amides is 2. The van der Waals surface area contributed by atoms with Gasteiger partial charge in [-0.2, -0.15) is 0 Å². The number of ether oxygens (including phenoxy) is 2. The molecule has 3 aromatic rings. The standard InChI is InChI=1S/C31H36ClN3O6/c1-30(2,3)40-28(36)33(7)22-13-9-20(10-14-22)27(25-19-24(35(38)39)17-18-26(25)32)21-11-15-23(16-12-21)34(8)29(37)41-31(4,5)6/h9-19,27H,1-8H3. The number of rotatable bonds is 6. The normalized spacial score (nSPS) is 11.7. The van der Waals surface area contributed by atoms with Crippen LogP contribution in [0.3, 0.4) is 0 Å². The number of nitro groups is 1. The second-order valence-electron chi connectivity index (χ2n) is 11.7. The Hall–Kier alpha value is -4.11. The largest absolute Gasteiger partial charge is 0.443 e. The van der Waals surface area contributed by atoms with E-state index in [9.17, 15) is 19.7 Å². The van der Waals surface area contributed by atoms with Crippen LogP contribution in [0.4, 0.5) is 26.7 Å². The molecule has 0 aliphatic heterocycles. The Kier molecular flexibility index (Phi) is 9.33. The van der Waals surface area contributed by atoms with Crippen molar-refractivity contribution in [3.05, 3.63) is 98.6 Å². The van der Waals surface area contributed by atoms with Crippen LogP contribution in [-0.2, 0) is 9.47 Å². The van der Waals surface area contributed by atoms with E-state index in [2.05, 4.69) is 0 Å². The fourth-order valence-corrected chi connectivity index (χ4v) is 4.30. The van der Waals surface area contributed by atoms with E-state index in [4.69, 9.17) is 21.1 Å². The Bertz CT molecular complexity index is 1330. The van der Waals surface area contributed by atoms with Gasteiger partial charge in [0.2, 0.25) is 0 Å². The molecule has 0 spiro atoms. The van der Waals surface area contributed by atoms with Gasteiger partial charge in [-0.3, -0.25) is 19.9 Å². The van der Waals surface area contributed by atoms with Crippen LogP contribution in [0.2, 0.25) is 5.02 Å². The van der Waals surface area contributed by atoms with Gasteiger partial charge in [0.05, 0.1) is 4.92 Å². The van der Waals surface area contributed by atoms with Crippen LogP contribution in [0.1, 0.15) is 64.2 Å². The van der Waals surface area contributed by atoms with Crippen LogP contribution in [0.5, 0.6) is 0 Å². The molecule has 0 aliphatic carbocycles. The maximum atomic E-state index is 12.6. The summed E-state index contributed by atoms with van der Waals surface area (Å²) in [5.41, 5.74) is 1.99. The molecule has 10 heteroatoms. The molecule has 0 atom stereocenters. The van der Waals surface area contributed by atoms with Crippen LogP contribution in [0.25, 0.3) is 0 Å². The van der Waals surface area contributed by atoms with Crippen molar-refractivity contribution in [3.8, 4) is 0 Å². The number of non-ortho nitro benzene ring substituents is 1. The van der Waals surface area contributed by atoms with Gasteiger partial charge >= 0.3 is 12.2 Å². The minimum Gasteiger partial charge on any atom is -0.443 e. The summed E-state index contributed by atoms with van der Waals surface area (Å²) in [7, 11) is 3.25. The highest BCUT2D eigenvalue weighted by Crippen LogP contribution is 2.39. The number of hydrogen-bond acceptors (Lipinski definition) is 6. The first-order valence-corrected chi connectivity index (χ1v) is 13.4.